The Morgan fingerprint density at radius 1 is 1.14 bits per heavy atom. The molecular formula is C16H20N2O4. The average Bonchev–Trinajstić information content (AvgIpc) is 2.45. The fourth-order valence-corrected chi connectivity index (χ4v) is 1.48. The Bertz CT molecular complexity index is 579. The highest BCUT2D eigenvalue weighted by atomic mass is 16.5. The highest BCUT2D eigenvalue weighted by molar-refractivity contribution is 6.03. The number of rotatable bonds is 6. The second kappa shape index (κ2) is 8.61. The van der Waals surface area contributed by atoms with E-state index in [-0.39, 0.29) is 18.4 Å². The van der Waals surface area contributed by atoms with Crippen molar-refractivity contribution in [2.75, 3.05) is 17.2 Å². The number of amides is 2. The number of hydrogen-bond acceptors (Lipinski definition) is 4. The van der Waals surface area contributed by atoms with Crippen molar-refractivity contribution in [3.8, 4) is 0 Å². The van der Waals surface area contributed by atoms with Gasteiger partial charge in [0.2, 0.25) is 11.8 Å². The van der Waals surface area contributed by atoms with Crippen LogP contribution in [0.1, 0.15) is 20.8 Å². The minimum atomic E-state index is -0.574. The van der Waals surface area contributed by atoms with Crippen LogP contribution in [0.5, 0.6) is 0 Å². The van der Waals surface area contributed by atoms with Gasteiger partial charge in [-0.25, -0.2) is 4.79 Å². The number of benzene rings is 1. The zero-order valence-corrected chi connectivity index (χ0v) is 12.9. The molecule has 1 rings (SSSR count). The topological polar surface area (TPSA) is 84.5 Å². The van der Waals surface area contributed by atoms with Crippen LogP contribution in [0.2, 0.25) is 0 Å². The molecule has 0 fully saturated rings. The number of esters is 1. The molecule has 0 aliphatic rings. The maximum Gasteiger partial charge on any atom is 0.330 e. The minimum absolute atomic E-state index is 0.106. The summed E-state index contributed by atoms with van der Waals surface area (Å²) in [6.45, 7) is 5.52. The first kappa shape index (κ1) is 17.4. The van der Waals surface area contributed by atoms with Crippen molar-refractivity contribution in [1.82, 2.24) is 0 Å². The largest absolute Gasteiger partial charge is 0.463 e. The monoisotopic (exact) mass is 304 g/mol. The lowest BCUT2D eigenvalue weighted by Gasteiger charge is -2.09. The molecule has 2 amide bonds. The first-order valence-corrected chi connectivity index (χ1v) is 6.99. The van der Waals surface area contributed by atoms with Gasteiger partial charge >= 0.3 is 5.97 Å². The van der Waals surface area contributed by atoms with Crippen LogP contribution >= 0.6 is 0 Å². The number of ether oxygens (including phenoxy) is 1. The molecule has 0 unspecified atom stereocenters. The number of carbonyl (C=O) groups is 3. The van der Waals surface area contributed by atoms with Gasteiger partial charge in [-0.05, 0) is 25.1 Å². The lowest BCUT2D eigenvalue weighted by Crippen LogP contribution is -2.18. The fourth-order valence-electron chi connectivity index (χ4n) is 1.48. The van der Waals surface area contributed by atoms with Gasteiger partial charge in [0.15, 0.2) is 0 Å². The summed E-state index contributed by atoms with van der Waals surface area (Å²) < 4.78 is 4.67. The Kier molecular flexibility index (Phi) is 6.82. The van der Waals surface area contributed by atoms with E-state index in [1.165, 1.54) is 0 Å². The predicted molar refractivity (Wildman–Crippen MR) is 84.3 cm³/mol. The summed E-state index contributed by atoms with van der Waals surface area (Å²) in [5.41, 5.74) is 1.10. The van der Waals surface area contributed by atoms with Crippen LogP contribution in [0.3, 0.4) is 0 Å². The van der Waals surface area contributed by atoms with Crippen molar-refractivity contribution in [3.05, 3.63) is 36.4 Å². The van der Waals surface area contributed by atoms with E-state index in [1.54, 1.807) is 45.0 Å². The summed E-state index contributed by atoms with van der Waals surface area (Å²) in [5.74, 6) is -1.27. The van der Waals surface area contributed by atoms with Crippen LogP contribution in [-0.2, 0) is 19.1 Å². The Morgan fingerprint density at radius 3 is 2.36 bits per heavy atom. The fraction of sp³-hybridized carbons (Fsp3) is 0.312. The van der Waals surface area contributed by atoms with Crippen molar-refractivity contribution < 1.29 is 19.1 Å². The van der Waals surface area contributed by atoms with Crippen LogP contribution in [0.25, 0.3) is 0 Å². The zero-order chi connectivity index (χ0) is 16.5. The van der Waals surface area contributed by atoms with E-state index in [1.807, 2.05) is 0 Å². The van der Waals surface area contributed by atoms with Crippen molar-refractivity contribution in [3.63, 3.8) is 0 Å². The summed E-state index contributed by atoms with van der Waals surface area (Å²) in [6.07, 6.45) is 2.15. The molecule has 0 atom stereocenters. The molecule has 1 aromatic carbocycles. The highest BCUT2D eigenvalue weighted by Gasteiger charge is 2.07. The molecule has 0 aromatic heterocycles. The molecular weight excluding hydrogens is 284 g/mol. The molecule has 2 N–H and O–H groups in total. The van der Waals surface area contributed by atoms with Gasteiger partial charge in [-0.1, -0.05) is 19.9 Å². The Hall–Kier alpha value is -2.63. The van der Waals surface area contributed by atoms with Gasteiger partial charge in [-0.3, -0.25) is 9.59 Å². The number of anilines is 2. The minimum Gasteiger partial charge on any atom is -0.463 e. The molecule has 1 aromatic rings. The second-order valence-corrected chi connectivity index (χ2v) is 4.80. The third-order valence-corrected chi connectivity index (χ3v) is 2.58. The van der Waals surface area contributed by atoms with Gasteiger partial charge in [0.1, 0.15) is 0 Å². The van der Waals surface area contributed by atoms with Gasteiger partial charge in [0, 0.05) is 29.4 Å². The SMILES string of the molecule is CCOC(=O)/C=C/C(=O)Nc1cccc(NC(=O)C(C)C)c1. The van der Waals surface area contributed by atoms with Crippen molar-refractivity contribution in [2.24, 2.45) is 5.92 Å². The summed E-state index contributed by atoms with van der Waals surface area (Å²) in [7, 11) is 0. The van der Waals surface area contributed by atoms with E-state index in [0.29, 0.717) is 11.4 Å². The molecule has 6 nitrogen and oxygen atoms in total. The molecule has 0 aliphatic carbocycles. The van der Waals surface area contributed by atoms with Crippen LogP contribution < -0.4 is 10.6 Å². The summed E-state index contributed by atoms with van der Waals surface area (Å²) >= 11 is 0. The number of nitrogens with one attached hydrogen (secondary N) is 2. The third kappa shape index (κ3) is 6.21. The van der Waals surface area contributed by atoms with Gasteiger partial charge < -0.3 is 15.4 Å². The second-order valence-electron chi connectivity index (χ2n) is 4.80. The van der Waals surface area contributed by atoms with E-state index in [4.69, 9.17) is 0 Å². The molecule has 22 heavy (non-hydrogen) atoms. The molecule has 0 saturated carbocycles. The average molecular weight is 304 g/mol. The molecule has 118 valence electrons. The van der Waals surface area contributed by atoms with E-state index >= 15 is 0 Å². The van der Waals surface area contributed by atoms with Gasteiger partial charge in [-0.15, -0.1) is 0 Å². The maximum absolute atomic E-state index is 11.7. The van der Waals surface area contributed by atoms with E-state index in [9.17, 15) is 14.4 Å². The number of hydrogen-bond donors (Lipinski definition) is 2. The first-order chi connectivity index (χ1) is 10.4. The van der Waals surface area contributed by atoms with Crippen LogP contribution in [0, 0.1) is 5.92 Å². The van der Waals surface area contributed by atoms with Crippen LogP contribution in [-0.4, -0.2) is 24.4 Å². The smallest absolute Gasteiger partial charge is 0.330 e. The predicted octanol–water partition coefficient (Wildman–Crippen LogP) is 2.34. The van der Waals surface area contributed by atoms with Crippen molar-refractivity contribution in [2.45, 2.75) is 20.8 Å². The third-order valence-electron chi connectivity index (χ3n) is 2.58. The zero-order valence-electron chi connectivity index (χ0n) is 12.9. The van der Waals surface area contributed by atoms with Crippen LogP contribution in [0.4, 0.5) is 11.4 Å². The molecule has 0 heterocycles. The van der Waals surface area contributed by atoms with Gasteiger partial charge in [0.05, 0.1) is 6.61 Å². The van der Waals surface area contributed by atoms with E-state index in [0.717, 1.165) is 12.2 Å². The standard InChI is InChI=1S/C16H20N2O4/c1-4-22-15(20)9-8-14(19)17-12-6-5-7-13(10-12)18-16(21)11(2)3/h5-11H,4H2,1-3H3,(H,17,19)(H,18,21)/b9-8+. The molecule has 0 saturated heterocycles. The lowest BCUT2D eigenvalue weighted by atomic mass is 10.2. The quantitative estimate of drug-likeness (QED) is 0.624. The Labute approximate surface area is 129 Å². The summed E-state index contributed by atoms with van der Waals surface area (Å²) in [6, 6.07) is 6.75. The van der Waals surface area contributed by atoms with Gasteiger partial charge in [0.25, 0.3) is 0 Å². The summed E-state index contributed by atoms with van der Waals surface area (Å²) in [5, 5.41) is 5.34. The molecule has 6 heteroatoms. The van der Waals surface area contributed by atoms with Crippen molar-refractivity contribution in [1.29, 1.82) is 0 Å². The van der Waals surface area contributed by atoms with Gasteiger partial charge in [-0.2, -0.15) is 0 Å². The van der Waals surface area contributed by atoms with Crippen molar-refractivity contribution >= 4 is 29.2 Å². The van der Waals surface area contributed by atoms with Crippen LogP contribution in [0.15, 0.2) is 36.4 Å². The van der Waals surface area contributed by atoms with E-state index in [2.05, 4.69) is 15.4 Å². The normalized spacial score (nSPS) is 10.5. The Morgan fingerprint density at radius 2 is 1.77 bits per heavy atom. The summed E-state index contributed by atoms with van der Waals surface area (Å²) in [4.78, 5) is 34.4. The molecule has 0 bridgehead atoms. The highest BCUT2D eigenvalue weighted by Crippen LogP contribution is 2.16. The molecule has 0 radical (unpaired) electrons. The molecule has 0 aliphatic heterocycles. The number of carbonyl (C=O) groups excluding carboxylic acids is 3. The lowest BCUT2D eigenvalue weighted by molar-refractivity contribution is -0.137. The first-order valence-electron chi connectivity index (χ1n) is 6.99. The maximum atomic E-state index is 11.7. The Balaban J connectivity index is 2.64. The van der Waals surface area contributed by atoms with E-state index < -0.39 is 11.9 Å². The molecule has 0 spiro atoms.